The smallest absolute Gasteiger partial charge is 0.143 e. The van der Waals surface area contributed by atoms with Crippen molar-refractivity contribution in [3.05, 3.63) is 194 Å². The van der Waals surface area contributed by atoms with Gasteiger partial charge in [-0.25, -0.2) is 0 Å². The summed E-state index contributed by atoms with van der Waals surface area (Å²) in [5.41, 5.74) is 14.5. The van der Waals surface area contributed by atoms with Crippen LogP contribution >= 0.6 is 0 Å². The third-order valence-corrected chi connectivity index (χ3v) is 12.1. The summed E-state index contributed by atoms with van der Waals surface area (Å²) in [5.74, 6) is 0. The Morgan fingerprint density at radius 2 is 0.672 bits per heavy atom. The zero-order chi connectivity index (χ0) is 37.9. The Labute approximate surface area is 332 Å². The van der Waals surface area contributed by atoms with Crippen LogP contribution in [0, 0.1) is 0 Å². The predicted molar refractivity (Wildman–Crippen MR) is 241 cm³/mol. The number of benzene rings is 9. The van der Waals surface area contributed by atoms with E-state index in [0.717, 1.165) is 88.5 Å². The van der Waals surface area contributed by atoms with Crippen molar-refractivity contribution < 1.29 is 8.83 Å². The molecule has 0 aliphatic heterocycles. The van der Waals surface area contributed by atoms with Crippen molar-refractivity contribution in [1.29, 1.82) is 0 Å². The topological polar surface area (TPSA) is 36.1 Å². The number of para-hydroxylation sites is 8. The molecular weight excluding hydrogens is 709 g/mol. The molecular formula is C54H32N2O2. The van der Waals surface area contributed by atoms with E-state index in [2.05, 4.69) is 191 Å². The maximum atomic E-state index is 6.74. The average molecular weight is 741 g/mol. The highest BCUT2D eigenvalue weighted by Gasteiger charge is 2.24. The average Bonchev–Trinajstić information content (AvgIpc) is 4.04. The molecule has 0 saturated heterocycles. The van der Waals surface area contributed by atoms with E-state index >= 15 is 0 Å². The number of nitrogens with zero attached hydrogens (tertiary/aromatic N) is 2. The number of aromatic nitrogens is 2. The van der Waals surface area contributed by atoms with Crippen molar-refractivity contribution in [3.63, 3.8) is 0 Å². The summed E-state index contributed by atoms with van der Waals surface area (Å²) in [6.45, 7) is 0. The molecule has 0 aliphatic rings. The maximum Gasteiger partial charge on any atom is 0.143 e. The van der Waals surface area contributed by atoms with Crippen LogP contribution in [0.15, 0.2) is 203 Å². The Bertz CT molecular complexity index is 3630. The van der Waals surface area contributed by atoms with Crippen LogP contribution in [0.5, 0.6) is 0 Å². The molecule has 0 fully saturated rings. The summed E-state index contributed by atoms with van der Waals surface area (Å²) in [7, 11) is 0. The lowest BCUT2D eigenvalue weighted by Crippen LogP contribution is -2.01. The highest BCUT2D eigenvalue weighted by atomic mass is 16.3. The Hall–Kier alpha value is -7.82. The molecule has 4 aromatic heterocycles. The summed E-state index contributed by atoms with van der Waals surface area (Å²) in [4.78, 5) is 0. The minimum atomic E-state index is 0.874. The van der Waals surface area contributed by atoms with Gasteiger partial charge in [0.05, 0.1) is 27.8 Å². The van der Waals surface area contributed by atoms with E-state index in [1.54, 1.807) is 0 Å². The third-order valence-electron chi connectivity index (χ3n) is 12.1. The highest BCUT2D eigenvalue weighted by molar-refractivity contribution is 6.16. The fourth-order valence-electron chi connectivity index (χ4n) is 9.68. The van der Waals surface area contributed by atoms with Gasteiger partial charge in [0.15, 0.2) is 0 Å². The van der Waals surface area contributed by atoms with E-state index < -0.39 is 0 Å². The summed E-state index contributed by atoms with van der Waals surface area (Å²) in [5, 5.41) is 9.28. The van der Waals surface area contributed by atoms with E-state index in [0.29, 0.717) is 0 Å². The molecule has 0 radical (unpaired) electrons. The number of hydrogen-bond donors (Lipinski definition) is 0. The van der Waals surface area contributed by atoms with Gasteiger partial charge in [-0.2, -0.15) is 0 Å². The van der Waals surface area contributed by atoms with Gasteiger partial charge in [0.25, 0.3) is 0 Å². The number of rotatable bonds is 4. The van der Waals surface area contributed by atoms with Crippen LogP contribution in [0.2, 0.25) is 0 Å². The van der Waals surface area contributed by atoms with Gasteiger partial charge >= 0.3 is 0 Å². The SMILES string of the molecule is c1cc(-c2cccc3c2oc2ccccc23)c(-n2c3ccccc3c3cc(-n4c5ccccc5c5ccccc54)ccc32)c(-c2cccc3c2oc2ccccc23)c1. The van der Waals surface area contributed by atoms with Crippen molar-refractivity contribution in [2.75, 3.05) is 0 Å². The standard InChI is InChI=1S/C54H32N2O2/c1-6-25-46-34(14-1)35-15-2-7-26-47(35)55(46)33-30-31-49-45(32-33)36-16-3-8-27-48(36)56(49)52-39(43-23-12-21-41-37-17-4-9-28-50(37)57-53(41)43)19-11-20-40(52)44-24-13-22-42-38-18-5-10-29-51(38)58-54(42)44/h1-32H. The van der Waals surface area contributed by atoms with Gasteiger partial charge in [0.1, 0.15) is 22.3 Å². The van der Waals surface area contributed by atoms with Gasteiger partial charge < -0.3 is 18.0 Å². The Morgan fingerprint density at radius 3 is 1.22 bits per heavy atom. The number of furan rings is 2. The monoisotopic (exact) mass is 740 g/mol. The molecule has 4 heteroatoms. The molecule has 13 aromatic rings. The summed E-state index contributed by atoms with van der Waals surface area (Å²) >= 11 is 0. The van der Waals surface area contributed by atoms with Crippen molar-refractivity contribution in [1.82, 2.24) is 9.13 Å². The van der Waals surface area contributed by atoms with Gasteiger partial charge in [-0.1, -0.05) is 146 Å². The fourth-order valence-corrected chi connectivity index (χ4v) is 9.68. The zero-order valence-electron chi connectivity index (χ0n) is 31.2. The van der Waals surface area contributed by atoms with Crippen LogP contribution in [0.25, 0.3) is 121 Å². The van der Waals surface area contributed by atoms with Gasteiger partial charge in [-0.05, 0) is 48.5 Å². The van der Waals surface area contributed by atoms with Crippen molar-refractivity contribution >= 4 is 87.5 Å². The Morgan fingerprint density at radius 1 is 0.276 bits per heavy atom. The van der Waals surface area contributed by atoms with Crippen molar-refractivity contribution in [3.8, 4) is 33.6 Å². The van der Waals surface area contributed by atoms with E-state index in [1.807, 2.05) is 12.1 Å². The van der Waals surface area contributed by atoms with Crippen LogP contribution in [0.4, 0.5) is 0 Å². The molecule has 0 saturated carbocycles. The molecule has 0 spiro atoms. The van der Waals surface area contributed by atoms with Gasteiger partial charge in [-0.15, -0.1) is 0 Å². The first kappa shape index (κ1) is 31.4. The van der Waals surface area contributed by atoms with Gasteiger partial charge in [-0.3, -0.25) is 0 Å². The summed E-state index contributed by atoms with van der Waals surface area (Å²) in [6, 6.07) is 69.5. The lowest BCUT2D eigenvalue weighted by molar-refractivity contribution is 0.670. The molecule has 4 nitrogen and oxygen atoms in total. The van der Waals surface area contributed by atoms with Gasteiger partial charge in [0.2, 0.25) is 0 Å². The van der Waals surface area contributed by atoms with E-state index in [1.165, 1.54) is 32.6 Å². The van der Waals surface area contributed by atoms with Crippen LogP contribution < -0.4 is 0 Å². The molecule has 0 bridgehead atoms. The molecule has 270 valence electrons. The highest BCUT2D eigenvalue weighted by Crippen LogP contribution is 2.47. The summed E-state index contributed by atoms with van der Waals surface area (Å²) < 4.78 is 18.3. The predicted octanol–water partition coefficient (Wildman–Crippen LogP) is 15.0. The van der Waals surface area contributed by atoms with Crippen LogP contribution in [-0.2, 0) is 0 Å². The molecule has 0 N–H and O–H groups in total. The maximum absolute atomic E-state index is 6.74. The van der Waals surface area contributed by atoms with E-state index in [-0.39, 0.29) is 0 Å². The normalized spacial score (nSPS) is 12.1. The minimum absolute atomic E-state index is 0.874. The zero-order valence-corrected chi connectivity index (χ0v) is 31.2. The quantitative estimate of drug-likeness (QED) is 0.180. The van der Waals surface area contributed by atoms with E-state index in [9.17, 15) is 0 Å². The van der Waals surface area contributed by atoms with Crippen LogP contribution in [0.1, 0.15) is 0 Å². The van der Waals surface area contributed by atoms with Gasteiger partial charge in [0, 0.05) is 71.0 Å². The van der Waals surface area contributed by atoms with Crippen LogP contribution in [0.3, 0.4) is 0 Å². The van der Waals surface area contributed by atoms with E-state index in [4.69, 9.17) is 8.83 Å². The largest absolute Gasteiger partial charge is 0.455 e. The lowest BCUT2D eigenvalue weighted by atomic mass is 9.93. The molecule has 0 unspecified atom stereocenters. The fraction of sp³-hybridized carbons (Fsp3) is 0. The first-order chi connectivity index (χ1) is 28.8. The number of hydrogen-bond acceptors (Lipinski definition) is 2. The third kappa shape index (κ3) is 4.29. The molecule has 4 heterocycles. The second-order valence-corrected chi connectivity index (χ2v) is 15.2. The molecule has 58 heavy (non-hydrogen) atoms. The van der Waals surface area contributed by atoms with Crippen molar-refractivity contribution in [2.45, 2.75) is 0 Å². The minimum Gasteiger partial charge on any atom is -0.455 e. The summed E-state index contributed by atoms with van der Waals surface area (Å²) in [6.07, 6.45) is 0. The second kappa shape index (κ2) is 11.8. The molecule has 0 aliphatic carbocycles. The second-order valence-electron chi connectivity index (χ2n) is 15.2. The molecule has 0 atom stereocenters. The first-order valence-corrected chi connectivity index (χ1v) is 19.8. The Balaban J connectivity index is 1.16. The molecule has 0 amide bonds. The Kier molecular flexibility index (Phi) is 6.41. The van der Waals surface area contributed by atoms with Crippen LogP contribution in [-0.4, -0.2) is 9.13 Å². The molecule has 13 rings (SSSR count). The van der Waals surface area contributed by atoms with Crippen molar-refractivity contribution in [2.24, 2.45) is 0 Å². The lowest BCUT2D eigenvalue weighted by Gasteiger charge is -2.19. The molecule has 9 aromatic carbocycles. The first-order valence-electron chi connectivity index (χ1n) is 19.8. The number of fused-ring (bicyclic) bond motifs is 12.